The number of benzene rings is 2. The third-order valence-corrected chi connectivity index (χ3v) is 3.56. The van der Waals surface area contributed by atoms with E-state index < -0.39 is 0 Å². The van der Waals surface area contributed by atoms with Gasteiger partial charge in [-0.25, -0.2) is 4.39 Å². The fourth-order valence-corrected chi connectivity index (χ4v) is 2.51. The average molecular weight is 256 g/mol. The summed E-state index contributed by atoms with van der Waals surface area (Å²) in [6.07, 6.45) is 1.00. The van der Waals surface area contributed by atoms with Crippen LogP contribution in [0, 0.1) is 5.82 Å². The molecule has 0 aromatic heterocycles. The summed E-state index contributed by atoms with van der Waals surface area (Å²) < 4.78 is 13.0. The molecule has 0 aliphatic carbocycles. The monoisotopic (exact) mass is 256 g/mol. The van der Waals surface area contributed by atoms with Crippen LogP contribution in [0.5, 0.6) is 0 Å². The SMILES string of the molecule is Fc1ccc(N2CCNc3ccccc3CC2)cc1. The Kier molecular flexibility index (Phi) is 3.36. The minimum atomic E-state index is -0.181. The van der Waals surface area contributed by atoms with E-state index in [4.69, 9.17) is 0 Å². The Balaban J connectivity index is 1.78. The van der Waals surface area contributed by atoms with E-state index in [0.29, 0.717) is 0 Å². The van der Waals surface area contributed by atoms with Crippen molar-refractivity contribution < 1.29 is 4.39 Å². The van der Waals surface area contributed by atoms with E-state index in [0.717, 1.165) is 31.7 Å². The summed E-state index contributed by atoms with van der Waals surface area (Å²) in [5.74, 6) is -0.181. The number of para-hydroxylation sites is 1. The predicted molar refractivity (Wildman–Crippen MR) is 77.2 cm³/mol. The highest BCUT2D eigenvalue weighted by atomic mass is 19.1. The van der Waals surface area contributed by atoms with Crippen molar-refractivity contribution in [3.8, 4) is 0 Å². The van der Waals surface area contributed by atoms with Gasteiger partial charge < -0.3 is 10.2 Å². The maximum absolute atomic E-state index is 13.0. The second-order valence-corrected chi connectivity index (χ2v) is 4.80. The molecule has 1 N–H and O–H groups in total. The van der Waals surface area contributed by atoms with Gasteiger partial charge in [0.25, 0.3) is 0 Å². The first kappa shape index (κ1) is 12.0. The molecule has 1 aliphatic heterocycles. The molecular weight excluding hydrogens is 239 g/mol. The Labute approximate surface area is 112 Å². The molecule has 0 atom stereocenters. The molecule has 0 unspecified atom stereocenters. The summed E-state index contributed by atoms with van der Waals surface area (Å²) in [4.78, 5) is 2.29. The number of anilines is 2. The van der Waals surface area contributed by atoms with E-state index in [1.54, 1.807) is 0 Å². The van der Waals surface area contributed by atoms with Crippen LogP contribution in [0.3, 0.4) is 0 Å². The molecule has 3 heteroatoms. The number of fused-ring (bicyclic) bond motifs is 1. The highest BCUT2D eigenvalue weighted by Crippen LogP contribution is 2.21. The smallest absolute Gasteiger partial charge is 0.123 e. The Morgan fingerprint density at radius 2 is 1.74 bits per heavy atom. The van der Waals surface area contributed by atoms with Crippen LogP contribution in [0.1, 0.15) is 5.56 Å². The molecule has 98 valence electrons. The maximum atomic E-state index is 13.0. The van der Waals surface area contributed by atoms with Gasteiger partial charge in [0.05, 0.1) is 0 Å². The van der Waals surface area contributed by atoms with Crippen LogP contribution >= 0.6 is 0 Å². The summed E-state index contributed by atoms with van der Waals surface area (Å²) in [6.45, 7) is 2.79. The topological polar surface area (TPSA) is 15.3 Å². The first-order valence-electron chi connectivity index (χ1n) is 6.65. The standard InChI is InChI=1S/C16H17FN2/c17-14-5-7-15(8-6-14)19-11-9-13-3-1-2-4-16(13)18-10-12-19/h1-8,18H,9-12H2. The summed E-state index contributed by atoms with van der Waals surface area (Å²) in [5, 5.41) is 3.46. The van der Waals surface area contributed by atoms with Crippen molar-refractivity contribution in [1.82, 2.24) is 0 Å². The largest absolute Gasteiger partial charge is 0.383 e. The van der Waals surface area contributed by atoms with Crippen LogP contribution in [-0.4, -0.2) is 19.6 Å². The number of nitrogens with one attached hydrogen (secondary N) is 1. The molecule has 19 heavy (non-hydrogen) atoms. The minimum absolute atomic E-state index is 0.181. The van der Waals surface area contributed by atoms with E-state index in [2.05, 4.69) is 34.5 Å². The van der Waals surface area contributed by atoms with E-state index in [1.807, 2.05) is 12.1 Å². The van der Waals surface area contributed by atoms with Crippen LogP contribution in [0.4, 0.5) is 15.8 Å². The van der Waals surface area contributed by atoms with Gasteiger partial charge in [-0.15, -0.1) is 0 Å². The van der Waals surface area contributed by atoms with E-state index in [9.17, 15) is 4.39 Å². The molecule has 1 heterocycles. The van der Waals surface area contributed by atoms with Gasteiger partial charge in [-0.1, -0.05) is 18.2 Å². The van der Waals surface area contributed by atoms with Crippen molar-refractivity contribution in [3.63, 3.8) is 0 Å². The molecule has 0 amide bonds. The first-order chi connectivity index (χ1) is 9.33. The lowest BCUT2D eigenvalue weighted by Gasteiger charge is -2.28. The normalized spacial score (nSPS) is 15.1. The summed E-state index contributed by atoms with van der Waals surface area (Å²) in [7, 11) is 0. The van der Waals surface area contributed by atoms with Gasteiger partial charge in [0.15, 0.2) is 0 Å². The Hall–Kier alpha value is -2.03. The molecule has 1 aliphatic rings. The Morgan fingerprint density at radius 3 is 2.58 bits per heavy atom. The van der Waals surface area contributed by atoms with Gasteiger partial charge in [0.1, 0.15) is 5.82 Å². The van der Waals surface area contributed by atoms with E-state index in [1.165, 1.54) is 23.4 Å². The lowest BCUT2D eigenvalue weighted by molar-refractivity contribution is 0.627. The van der Waals surface area contributed by atoms with Gasteiger partial charge in [-0.3, -0.25) is 0 Å². The fourth-order valence-electron chi connectivity index (χ4n) is 2.51. The summed E-state index contributed by atoms with van der Waals surface area (Å²) in [5.41, 5.74) is 3.66. The Bertz CT molecular complexity index is 551. The quantitative estimate of drug-likeness (QED) is 0.842. The number of hydrogen-bond donors (Lipinski definition) is 1. The molecule has 0 fully saturated rings. The number of hydrogen-bond acceptors (Lipinski definition) is 2. The lowest BCUT2D eigenvalue weighted by atomic mass is 10.1. The van der Waals surface area contributed by atoms with E-state index in [-0.39, 0.29) is 5.82 Å². The second-order valence-electron chi connectivity index (χ2n) is 4.80. The van der Waals surface area contributed by atoms with Crippen molar-refractivity contribution in [2.45, 2.75) is 6.42 Å². The molecule has 2 aromatic rings. The van der Waals surface area contributed by atoms with Gasteiger partial charge >= 0.3 is 0 Å². The van der Waals surface area contributed by atoms with Crippen LogP contribution in [0.15, 0.2) is 48.5 Å². The van der Waals surface area contributed by atoms with Gasteiger partial charge in [-0.2, -0.15) is 0 Å². The zero-order chi connectivity index (χ0) is 13.1. The van der Waals surface area contributed by atoms with Crippen LogP contribution < -0.4 is 10.2 Å². The van der Waals surface area contributed by atoms with Crippen molar-refractivity contribution >= 4 is 11.4 Å². The highest BCUT2D eigenvalue weighted by Gasteiger charge is 2.11. The second kappa shape index (κ2) is 5.31. The van der Waals surface area contributed by atoms with Crippen molar-refractivity contribution in [2.24, 2.45) is 0 Å². The molecular formula is C16H17FN2. The molecule has 0 spiro atoms. The number of rotatable bonds is 1. The number of halogens is 1. The zero-order valence-corrected chi connectivity index (χ0v) is 10.8. The van der Waals surface area contributed by atoms with Crippen molar-refractivity contribution in [3.05, 3.63) is 59.9 Å². The number of nitrogens with zero attached hydrogens (tertiary/aromatic N) is 1. The zero-order valence-electron chi connectivity index (χ0n) is 10.8. The summed E-state index contributed by atoms with van der Waals surface area (Å²) in [6, 6.07) is 15.2. The first-order valence-corrected chi connectivity index (χ1v) is 6.65. The third-order valence-electron chi connectivity index (χ3n) is 3.56. The predicted octanol–water partition coefficient (Wildman–Crippen LogP) is 3.30. The average Bonchev–Trinajstić information content (AvgIpc) is 2.41. The minimum Gasteiger partial charge on any atom is -0.383 e. The highest BCUT2D eigenvalue weighted by molar-refractivity contribution is 5.54. The van der Waals surface area contributed by atoms with Gasteiger partial charge in [0, 0.05) is 31.0 Å². The molecule has 0 saturated heterocycles. The third kappa shape index (κ3) is 2.70. The lowest BCUT2D eigenvalue weighted by Crippen LogP contribution is -2.33. The molecule has 0 saturated carbocycles. The molecule has 2 nitrogen and oxygen atoms in total. The molecule has 3 rings (SSSR count). The van der Waals surface area contributed by atoms with Gasteiger partial charge in [0.2, 0.25) is 0 Å². The van der Waals surface area contributed by atoms with Crippen LogP contribution in [0.25, 0.3) is 0 Å². The Morgan fingerprint density at radius 1 is 0.947 bits per heavy atom. The fraction of sp³-hybridized carbons (Fsp3) is 0.250. The summed E-state index contributed by atoms with van der Waals surface area (Å²) >= 11 is 0. The van der Waals surface area contributed by atoms with Crippen LogP contribution in [0.2, 0.25) is 0 Å². The molecule has 0 radical (unpaired) electrons. The van der Waals surface area contributed by atoms with Gasteiger partial charge in [-0.05, 0) is 42.3 Å². The maximum Gasteiger partial charge on any atom is 0.123 e. The molecule has 0 bridgehead atoms. The van der Waals surface area contributed by atoms with E-state index >= 15 is 0 Å². The van der Waals surface area contributed by atoms with Crippen molar-refractivity contribution in [2.75, 3.05) is 29.9 Å². The van der Waals surface area contributed by atoms with Crippen molar-refractivity contribution in [1.29, 1.82) is 0 Å². The van der Waals surface area contributed by atoms with Crippen LogP contribution in [-0.2, 0) is 6.42 Å². The molecule has 2 aromatic carbocycles.